The molecule has 154 valence electrons. The van der Waals surface area contributed by atoms with Gasteiger partial charge in [0.15, 0.2) is 16.5 Å². The maximum atomic E-state index is 4.10. The Morgan fingerprint density at radius 3 is 1.24 bits per heavy atom. The van der Waals surface area contributed by atoms with Crippen LogP contribution >= 0.6 is 0 Å². The van der Waals surface area contributed by atoms with E-state index in [9.17, 15) is 0 Å². The minimum absolute atomic E-state index is 0.990. The Morgan fingerprint density at radius 1 is 0.586 bits per heavy atom. The van der Waals surface area contributed by atoms with E-state index in [1.807, 2.05) is 6.07 Å². The van der Waals surface area contributed by atoms with E-state index in [4.69, 9.17) is 0 Å². The molecule has 0 bridgehead atoms. The third-order valence-electron chi connectivity index (χ3n) is 5.38. The molecule has 1 nitrogen and oxygen atoms in total. The van der Waals surface area contributed by atoms with Gasteiger partial charge in [-0.15, -0.1) is 39.5 Å². The molecule has 1 rings (SSSR count). The van der Waals surface area contributed by atoms with E-state index in [-0.39, 0.29) is 0 Å². The second kappa shape index (κ2) is 13.0. The monoisotopic (exact) mass is 419 g/mol. The highest BCUT2D eigenvalue weighted by molar-refractivity contribution is 6.94. The first kappa shape index (κ1) is 24.7. The zero-order chi connectivity index (χ0) is 21.6. The van der Waals surface area contributed by atoms with Gasteiger partial charge in [-0.2, -0.15) is 0 Å². The molecule has 29 heavy (non-hydrogen) atoms. The van der Waals surface area contributed by atoms with E-state index in [1.165, 1.54) is 5.56 Å². The molecule has 0 aliphatic carbocycles. The van der Waals surface area contributed by atoms with E-state index in [2.05, 4.69) is 117 Å². The van der Waals surface area contributed by atoms with Crippen molar-refractivity contribution in [2.75, 3.05) is 0 Å². The van der Waals surface area contributed by atoms with Gasteiger partial charge in [-0.25, -0.2) is 0 Å². The van der Waals surface area contributed by atoms with Crippen LogP contribution in [0, 0.1) is 0 Å². The summed E-state index contributed by atoms with van der Waals surface area (Å²) >= 11 is 0. The summed E-state index contributed by atoms with van der Waals surface area (Å²) in [6.07, 6.45) is 17.1. The molecular weight excluding hydrogens is 382 g/mol. The van der Waals surface area contributed by atoms with Crippen molar-refractivity contribution in [2.24, 2.45) is 0 Å². The first-order chi connectivity index (χ1) is 14.1. The molecular formula is C26H37NSi2. The number of hydrogen-bond donors (Lipinski definition) is 0. The molecule has 0 aliphatic rings. The van der Waals surface area contributed by atoms with Crippen LogP contribution in [0.3, 0.4) is 0 Å². The third-order valence-corrected chi connectivity index (χ3v) is 16.9. The maximum Gasteiger partial charge on any atom is 0.158 e. The predicted molar refractivity (Wildman–Crippen MR) is 139 cm³/mol. The summed E-state index contributed by atoms with van der Waals surface area (Å²) < 4.78 is 2.77. The zero-order valence-corrected chi connectivity index (χ0v) is 19.9. The molecule has 0 fully saturated rings. The van der Waals surface area contributed by atoms with Gasteiger partial charge in [-0.1, -0.05) is 66.8 Å². The fourth-order valence-electron chi connectivity index (χ4n) is 4.25. The minimum atomic E-state index is -2.02. The first-order valence-corrected chi connectivity index (χ1v) is 15.4. The van der Waals surface area contributed by atoms with Crippen LogP contribution in [-0.2, 0) is 0 Å². The second-order valence-electron chi connectivity index (χ2n) is 7.50. The molecule has 0 amide bonds. The summed E-state index contributed by atoms with van der Waals surface area (Å²) in [6.45, 7) is 24.6. The number of nitrogens with zero attached hydrogens (tertiary/aromatic N) is 1. The molecule has 0 heterocycles. The quantitative estimate of drug-likeness (QED) is 0.194. The average Bonchev–Trinajstić information content (AvgIpc) is 2.70. The van der Waals surface area contributed by atoms with Crippen LogP contribution in [0.25, 0.3) is 6.08 Å². The molecule has 0 aromatic heterocycles. The van der Waals surface area contributed by atoms with Crippen LogP contribution in [0.1, 0.15) is 5.56 Å². The Morgan fingerprint density at radius 2 is 0.931 bits per heavy atom. The molecule has 1 aromatic rings. The van der Waals surface area contributed by atoms with Crippen molar-refractivity contribution in [3.63, 3.8) is 0 Å². The Balaban J connectivity index is 3.72. The highest BCUT2D eigenvalue weighted by Crippen LogP contribution is 2.38. The smallest absolute Gasteiger partial charge is 0.158 e. The molecule has 1 aromatic carbocycles. The van der Waals surface area contributed by atoms with Gasteiger partial charge in [0, 0.05) is 0 Å². The lowest BCUT2D eigenvalue weighted by Gasteiger charge is -2.52. The SMILES string of the molecule is C=CC[Si](CC=C)(CC=C)N(C=Cc1ccccc1)[Si](CC=C)(CC=C)CC=C. The fraction of sp³-hybridized carbons (Fsp3) is 0.231. The Hall–Kier alpha value is -2.37. The van der Waals surface area contributed by atoms with Gasteiger partial charge in [0.05, 0.1) is 0 Å². The third kappa shape index (κ3) is 6.58. The van der Waals surface area contributed by atoms with Crippen LogP contribution in [-0.4, -0.2) is 20.7 Å². The highest BCUT2D eigenvalue weighted by Gasteiger charge is 2.46. The van der Waals surface area contributed by atoms with Gasteiger partial charge in [-0.3, -0.25) is 0 Å². The van der Waals surface area contributed by atoms with Crippen molar-refractivity contribution in [2.45, 2.75) is 36.3 Å². The van der Waals surface area contributed by atoms with Gasteiger partial charge in [0.25, 0.3) is 0 Å². The Bertz CT molecular complexity index is 626. The van der Waals surface area contributed by atoms with Crippen molar-refractivity contribution in [3.05, 3.63) is 118 Å². The molecule has 0 saturated heterocycles. The number of hydrogen-bond acceptors (Lipinski definition) is 1. The van der Waals surface area contributed by atoms with Crippen molar-refractivity contribution in [1.82, 2.24) is 4.23 Å². The summed E-state index contributed by atoms with van der Waals surface area (Å²) in [5, 5.41) is 0. The van der Waals surface area contributed by atoms with Crippen LogP contribution in [0.2, 0.25) is 36.3 Å². The van der Waals surface area contributed by atoms with Crippen molar-refractivity contribution >= 4 is 22.5 Å². The van der Waals surface area contributed by atoms with Crippen LogP contribution < -0.4 is 0 Å². The van der Waals surface area contributed by atoms with E-state index in [0.29, 0.717) is 0 Å². The summed E-state index contributed by atoms with van der Waals surface area (Å²) in [6, 6.07) is 16.4. The second-order valence-corrected chi connectivity index (χ2v) is 16.3. The van der Waals surface area contributed by atoms with E-state index in [1.54, 1.807) is 0 Å². The minimum Gasteiger partial charge on any atom is -0.428 e. The number of allylic oxidation sites excluding steroid dienone is 6. The lowest BCUT2D eigenvalue weighted by atomic mass is 10.2. The van der Waals surface area contributed by atoms with E-state index >= 15 is 0 Å². The van der Waals surface area contributed by atoms with Crippen molar-refractivity contribution in [3.8, 4) is 0 Å². The summed E-state index contributed by atoms with van der Waals surface area (Å²) in [5.74, 6) is 0. The Labute approximate surface area is 181 Å². The van der Waals surface area contributed by atoms with Gasteiger partial charge < -0.3 is 4.23 Å². The molecule has 0 N–H and O–H groups in total. The van der Waals surface area contributed by atoms with Crippen LogP contribution in [0.4, 0.5) is 0 Å². The van der Waals surface area contributed by atoms with Crippen LogP contribution in [0.15, 0.2) is 112 Å². The fourth-order valence-corrected chi connectivity index (χ4v) is 16.1. The predicted octanol–water partition coefficient (Wildman–Crippen LogP) is 7.97. The maximum absolute atomic E-state index is 4.10. The topological polar surface area (TPSA) is 3.24 Å². The molecule has 0 atom stereocenters. The summed E-state index contributed by atoms with van der Waals surface area (Å²) in [7, 11) is -4.03. The molecule has 0 saturated carbocycles. The molecule has 0 unspecified atom stereocenters. The lowest BCUT2D eigenvalue weighted by molar-refractivity contribution is 0.783. The number of benzene rings is 1. The van der Waals surface area contributed by atoms with Gasteiger partial charge in [-0.05, 0) is 54.1 Å². The van der Waals surface area contributed by atoms with Crippen molar-refractivity contribution in [1.29, 1.82) is 0 Å². The van der Waals surface area contributed by atoms with E-state index in [0.717, 1.165) is 36.3 Å². The largest absolute Gasteiger partial charge is 0.428 e. The molecule has 3 heteroatoms. The lowest BCUT2D eigenvalue weighted by Crippen LogP contribution is -2.63. The highest BCUT2D eigenvalue weighted by atomic mass is 28.4. The zero-order valence-electron chi connectivity index (χ0n) is 17.9. The normalized spacial score (nSPS) is 11.6. The van der Waals surface area contributed by atoms with Gasteiger partial charge in [0.2, 0.25) is 0 Å². The van der Waals surface area contributed by atoms with Gasteiger partial charge in [0.1, 0.15) is 0 Å². The van der Waals surface area contributed by atoms with Crippen molar-refractivity contribution < 1.29 is 0 Å². The van der Waals surface area contributed by atoms with Gasteiger partial charge >= 0.3 is 0 Å². The average molecular weight is 420 g/mol. The van der Waals surface area contributed by atoms with E-state index < -0.39 is 16.5 Å². The summed E-state index contributed by atoms with van der Waals surface area (Å²) in [5.41, 5.74) is 1.20. The molecule has 0 spiro atoms. The molecule has 0 radical (unpaired) electrons. The standard InChI is InChI=1S/C26H37NSi2/c1-7-20-28(21-8-2,22-9-3)27(19-18-26-16-14-13-15-17-26)29(23-10-4,24-11-5)25-12-6/h7-19H,1-6,20-25H2. The first-order valence-electron chi connectivity index (χ1n) is 10.3. The Kier molecular flexibility index (Phi) is 11.0. The number of rotatable bonds is 16. The summed E-state index contributed by atoms with van der Waals surface area (Å²) in [4.78, 5) is 0. The van der Waals surface area contributed by atoms with Crippen LogP contribution in [0.5, 0.6) is 0 Å². The molecule has 0 aliphatic heterocycles.